The average molecular weight is 231 g/mol. The van der Waals surface area contributed by atoms with Gasteiger partial charge in [0.05, 0.1) is 33.0 Å². The Kier molecular flexibility index (Phi) is 8.71. The average Bonchev–Trinajstić information content (AvgIpc) is 2.80. The van der Waals surface area contributed by atoms with Crippen LogP contribution in [0.5, 0.6) is 0 Å². The summed E-state index contributed by atoms with van der Waals surface area (Å²) in [4.78, 5) is 0. The topological polar surface area (TPSA) is 53.7 Å². The Hall–Kier alpha value is -0.160. The first-order valence-corrected chi connectivity index (χ1v) is 6.37. The maximum absolute atomic E-state index is 5.56. The molecule has 1 saturated carbocycles. The lowest BCUT2D eigenvalue weighted by Crippen LogP contribution is -2.14. The number of hydrogen-bond donors (Lipinski definition) is 1. The van der Waals surface area contributed by atoms with Gasteiger partial charge in [0.2, 0.25) is 0 Å². The summed E-state index contributed by atoms with van der Waals surface area (Å²) in [5, 5.41) is 0. The van der Waals surface area contributed by atoms with E-state index in [1.54, 1.807) is 0 Å². The lowest BCUT2D eigenvalue weighted by Gasteiger charge is -2.10. The number of hydrogen-bond acceptors (Lipinski definition) is 4. The van der Waals surface area contributed by atoms with Crippen LogP contribution in [0.25, 0.3) is 0 Å². The standard InChI is InChI=1S/C12H25NO3/c13-5-6-14-7-8-15-9-10-16-11-12-3-1-2-4-12/h12H,1-11,13H2. The minimum absolute atomic E-state index is 0.574. The van der Waals surface area contributed by atoms with Crippen LogP contribution in [0.2, 0.25) is 0 Å². The third-order valence-corrected chi connectivity index (χ3v) is 2.83. The highest BCUT2D eigenvalue weighted by atomic mass is 16.5. The Balaban J connectivity index is 1.71. The molecule has 0 atom stereocenters. The van der Waals surface area contributed by atoms with Crippen LogP contribution in [-0.4, -0.2) is 46.2 Å². The second-order valence-corrected chi connectivity index (χ2v) is 4.24. The molecule has 96 valence electrons. The Bertz CT molecular complexity index is 149. The third-order valence-electron chi connectivity index (χ3n) is 2.83. The van der Waals surface area contributed by atoms with E-state index in [-0.39, 0.29) is 0 Å². The van der Waals surface area contributed by atoms with Crippen LogP contribution in [0.4, 0.5) is 0 Å². The second kappa shape index (κ2) is 10.0. The molecule has 0 aromatic carbocycles. The van der Waals surface area contributed by atoms with Crippen LogP contribution in [0, 0.1) is 5.92 Å². The first-order chi connectivity index (χ1) is 7.93. The van der Waals surface area contributed by atoms with E-state index in [4.69, 9.17) is 19.9 Å². The number of nitrogens with two attached hydrogens (primary N) is 1. The molecule has 0 saturated heterocycles. The van der Waals surface area contributed by atoms with Gasteiger partial charge in [0.25, 0.3) is 0 Å². The van der Waals surface area contributed by atoms with E-state index in [1.165, 1.54) is 25.7 Å². The van der Waals surface area contributed by atoms with Gasteiger partial charge in [-0.25, -0.2) is 0 Å². The molecule has 0 unspecified atom stereocenters. The first kappa shape index (κ1) is 13.9. The lowest BCUT2D eigenvalue weighted by atomic mass is 10.1. The molecule has 4 nitrogen and oxygen atoms in total. The van der Waals surface area contributed by atoms with Crippen molar-refractivity contribution >= 4 is 0 Å². The predicted octanol–water partition coefficient (Wildman–Crippen LogP) is 1.19. The van der Waals surface area contributed by atoms with Gasteiger partial charge in [-0.15, -0.1) is 0 Å². The van der Waals surface area contributed by atoms with Gasteiger partial charge in [-0.1, -0.05) is 12.8 Å². The lowest BCUT2D eigenvalue weighted by molar-refractivity contribution is 0.00893. The molecule has 0 aromatic rings. The quantitative estimate of drug-likeness (QED) is 0.574. The first-order valence-electron chi connectivity index (χ1n) is 6.37. The van der Waals surface area contributed by atoms with Gasteiger partial charge < -0.3 is 19.9 Å². The van der Waals surface area contributed by atoms with Crippen molar-refractivity contribution in [1.29, 1.82) is 0 Å². The molecular weight excluding hydrogens is 206 g/mol. The fourth-order valence-corrected chi connectivity index (χ4v) is 1.95. The van der Waals surface area contributed by atoms with Crippen molar-refractivity contribution in [3.05, 3.63) is 0 Å². The van der Waals surface area contributed by atoms with Crippen molar-refractivity contribution in [3.8, 4) is 0 Å². The van der Waals surface area contributed by atoms with Crippen molar-refractivity contribution in [1.82, 2.24) is 0 Å². The van der Waals surface area contributed by atoms with Crippen molar-refractivity contribution in [2.45, 2.75) is 25.7 Å². The highest BCUT2D eigenvalue weighted by Crippen LogP contribution is 2.24. The minimum Gasteiger partial charge on any atom is -0.379 e. The molecule has 4 heteroatoms. The maximum atomic E-state index is 5.56. The van der Waals surface area contributed by atoms with Gasteiger partial charge in [0.15, 0.2) is 0 Å². The van der Waals surface area contributed by atoms with E-state index in [0.29, 0.717) is 39.6 Å². The van der Waals surface area contributed by atoms with Crippen LogP contribution >= 0.6 is 0 Å². The summed E-state index contributed by atoms with van der Waals surface area (Å²) in [5.74, 6) is 0.799. The summed E-state index contributed by atoms with van der Waals surface area (Å²) < 4.78 is 16.1. The Morgan fingerprint density at radius 1 is 0.812 bits per heavy atom. The summed E-state index contributed by atoms with van der Waals surface area (Å²) in [6, 6.07) is 0. The zero-order valence-electron chi connectivity index (χ0n) is 10.2. The zero-order chi connectivity index (χ0) is 11.5. The summed E-state index contributed by atoms with van der Waals surface area (Å²) in [6.07, 6.45) is 5.44. The van der Waals surface area contributed by atoms with Crippen LogP contribution in [0.1, 0.15) is 25.7 Å². The summed E-state index contributed by atoms with van der Waals surface area (Å²) in [5.41, 5.74) is 5.28. The monoisotopic (exact) mass is 231 g/mol. The van der Waals surface area contributed by atoms with E-state index in [9.17, 15) is 0 Å². The molecule has 0 radical (unpaired) electrons. The molecule has 0 aromatic heterocycles. The van der Waals surface area contributed by atoms with Crippen molar-refractivity contribution in [2.24, 2.45) is 11.7 Å². The highest BCUT2D eigenvalue weighted by Gasteiger charge is 2.14. The van der Waals surface area contributed by atoms with Crippen molar-refractivity contribution in [2.75, 3.05) is 46.2 Å². The summed E-state index contributed by atoms with van der Waals surface area (Å²) >= 11 is 0. The molecule has 0 heterocycles. The minimum atomic E-state index is 0.574. The molecule has 0 bridgehead atoms. The van der Waals surface area contributed by atoms with E-state index >= 15 is 0 Å². The smallest absolute Gasteiger partial charge is 0.0701 e. The molecule has 0 aliphatic heterocycles. The van der Waals surface area contributed by atoms with Crippen LogP contribution in [-0.2, 0) is 14.2 Å². The fraction of sp³-hybridized carbons (Fsp3) is 1.00. The number of rotatable bonds is 10. The van der Waals surface area contributed by atoms with Crippen molar-refractivity contribution in [3.63, 3.8) is 0 Å². The molecule has 1 aliphatic rings. The maximum Gasteiger partial charge on any atom is 0.0701 e. The van der Waals surface area contributed by atoms with Gasteiger partial charge in [-0.3, -0.25) is 0 Å². The van der Waals surface area contributed by atoms with Gasteiger partial charge in [-0.05, 0) is 18.8 Å². The fourth-order valence-electron chi connectivity index (χ4n) is 1.95. The Morgan fingerprint density at radius 3 is 2.00 bits per heavy atom. The molecule has 0 amide bonds. The third kappa shape index (κ3) is 7.17. The van der Waals surface area contributed by atoms with E-state index in [2.05, 4.69) is 0 Å². The molecular formula is C12H25NO3. The highest BCUT2D eigenvalue weighted by molar-refractivity contribution is 4.66. The molecule has 1 fully saturated rings. The van der Waals surface area contributed by atoms with Crippen LogP contribution < -0.4 is 5.73 Å². The molecule has 0 spiro atoms. The largest absolute Gasteiger partial charge is 0.379 e. The second-order valence-electron chi connectivity index (χ2n) is 4.24. The normalized spacial score (nSPS) is 17.1. The molecule has 16 heavy (non-hydrogen) atoms. The molecule has 1 rings (SSSR count). The predicted molar refractivity (Wildman–Crippen MR) is 63.5 cm³/mol. The SMILES string of the molecule is NCCOCCOCCOCC1CCCC1. The van der Waals surface area contributed by atoms with Gasteiger partial charge in [0, 0.05) is 13.2 Å². The summed E-state index contributed by atoms with van der Waals surface area (Å²) in [7, 11) is 0. The van der Waals surface area contributed by atoms with Gasteiger partial charge in [0.1, 0.15) is 0 Å². The van der Waals surface area contributed by atoms with E-state index < -0.39 is 0 Å². The van der Waals surface area contributed by atoms with Crippen LogP contribution in [0.15, 0.2) is 0 Å². The number of ether oxygens (including phenoxy) is 3. The van der Waals surface area contributed by atoms with Crippen LogP contribution in [0.3, 0.4) is 0 Å². The molecule has 1 aliphatic carbocycles. The molecule has 2 N–H and O–H groups in total. The van der Waals surface area contributed by atoms with E-state index in [1.807, 2.05) is 0 Å². The Morgan fingerprint density at radius 2 is 1.38 bits per heavy atom. The van der Waals surface area contributed by atoms with E-state index in [0.717, 1.165) is 12.5 Å². The summed E-state index contributed by atoms with van der Waals surface area (Å²) in [6.45, 7) is 4.72. The van der Waals surface area contributed by atoms with Gasteiger partial charge in [-0.2, -0.15) is 0 Å². The Labute approximate surface area is 98.4 Å². The van der Waals surface area contributed by atoms with Gasteiger partial charge >= 0.3 is 0 Å². The zero-order valence-corrected chi connectivity index (χ0v) is 10.2. The van der Waals surface area contributed by atoms with Crippen molar-refractivity contribution < 1.29 is 14.2 Å².